The summed E-state index contributed by atoms with van der Waals surface area (Å²) in [5.74, 6) is -7.24. The molecule has 1 amide bonds. The molecule has 9 nitrogen and oxygen atoms in total. The van der Waals surface area contributed by atoms with Crippen molar-refractivity contribution in [2.75, 3.05) is 13.2 Å². The van der Waals surface area contributed by atoms with Gasteiger partial charge >= 0.3 is 5.97 Å². The molecule has 4 N–H and O–H groups in total. The Labute approximate surface area is 275 Å². The van der Waals surface area contributed by atoms with Gasteiger partial charge in [0.05, 0.1) is 17.7 Å². The molecule has 0 saturated carbocycles. The van der Waals surface area contributed by atoms with E-state index in [2.05, 4.69) is 6.07 Å². The summed E-state index contributed by atoms with van der Waals surface area (Å²) in [6.45, 7) is 2.71. The zero-order chi connectivity index (χ0) is 33.6. The van der Waals surface area contributed by atoms with E-state index in [0.717, 1.165) is 6.07 Å². The first-order chi connectivity index (χ1) is 21.7. The molecular weight excluding hydrogens is 643 g/mol. The molecule has 1 aliphatic carbocycles. The van der Waals surface area contributed by atoms with Crippen molar-refractivity contribution in [1.82, 2.24) is 4.90 Å². The normalized spacial score (nSPS) is 31.4. The van der Waals surface area contributed by atoms with Crippen molar-refractivity contribution < 1.29 is 38.1 Å². The molecule has 246 valence electrons. The van der Waals surface area contributed by atoms with Crippen molar-refractivity contribution >= 4 is 35.1 Å². The molecule has 0 radical (unpaired) electrons. The van der Waals surface area contributed by atoms with Gasteiger partial charge in [-0.3, -0.25) is 14.5 Å². The smallest absolute Gasteiger partial charge is 0.321 e. The van der Waals surface area contributed by atoms with Gasteiger partial charge in [0.2, 0.25) is 5.91 Å². The average molecular weight is 679 g/mol. The van der Waals surface area contributed by atoms with Crippen molar-refractivity contribution in [3.8, 4) is 6.07 Å². The van der Waals surface area contributed by atoms with Crippen molar-refractivity contribution in [1.29, 1.82) is 5.26 Å². The predicted octanol–water partition coefficient (Wildman–Crippen LogP) is 5.07. The number of carbonyl (C=O) groups is 2. The minimum absolute atomic E-state index is 0.0130. The van der Waals surface area contributed by atoms with E-state index >= 15 is 8.78 Å². The summed E-state index contributed by atoms with van der Waals surface area (Å²) in [6, 6.07) is 5.12. The quantitative estimate of drug-likeness (QED) is 0.312. The average Bonchev–Trinajstić information content (AvgIpc) is 3.49. The van der Waals surface area contributed by atoms with Gasteiger partial charge in [0.15, 0.2) is 5.79 Å². The summed E-state index contributed by atoms with van der Waals surface area (Å²) in [4.78, 5) is 28.3. The molecule has 7 atom stereocenters. The fourth-order valence-electron chi connectivity index (χ4n) is 7.65. The summed E-state index contributed by atoms with van der Waals surface area (Å²) in [6.07, 6.45) is 3.99. The molecule has 0 aromatic heterocycles. The Morgan fingerprint density at radius 3 is 2.50 bits per heavy atom. The fourth-order valence-corrected chi connectivity index (χ4v) is 7.99. The predicted molar refractivity (Wildman–Crippen MR) is 165 cm³/mol. The number of carboxylic acid groups (broad SMARTS) is 1. The summed E-state index contributed by atoms with van der Waals surface area (Å²) < 4.78 is 44.1. The summed E-state index contributed by atoms with van der Waals surface area (Å²) in [7, 11) is 0. The number of hydrogen-bond donors (Lipinski definition) is 3. The number of hydrogen-bond acceptors (Lipinski definition) is 7. The number of halogens is 4. The van der Waals surface area contributed by atoms with Gasteiger partial charge in [-0.15, -0.1) is 0 Å². The number of nitriles is 1. The Bertz CT molecular complexity index is 1600. The van der Waals surface area contributed by atoms with Gasteiger partial charge in [0, 0.05) is 29.2 Å². The lowest BCUT2D eigenvalue weighted by atomic mass is 9.61. The molecule has 2 saturated heterocycles. The molecule has 2 aromatic rings. The lowest BCUT2D eigenvalue weighted by molar-refractivity contribution is -0.159. The van der Waals surface area contributed by atoms with Crippen LogP contribution >= 0.6 is 23.2 Å². The van der Waals surface area contributed by atoms with Crippen LogP contribution in [0.25, 0.3) is 0 Å². The highest BCUT2D eigenvalue weighted by Gasteiger charge is 2.68. The van der Waals surface area contributed by atoms with E-state index < -0.39 is 70.3 Å². The number of nitrogens with zero attached hydrogens (tertiary/aromatic N) is 2. The number of aliphatic hydroxyl groups excluding tert-OH is 1. The number of benzene rings is 2. The summed E-state index contributed by atoms with van der Waals surface area (Å²) >= 11 is 12.3. The molecule has 5 rings (SSSR count). The molecule has 2 aliphatic heterocycles. The maximum Gasteiger partial charge on any atom is 0.321 e. The van der Waals surface area contributed by atoms with Gasteiger partial charge in [-0.2, -0.15) is 5.26 Å². The molecule has 3 aliphatic rings. The zero-order valence-corrected chi connectivity index (χ0v) is 26.8. The maximum absolute atomic E-state index is 16.2. The number of likely N-dealkylation sites (tertiary alicyclic amines) is 1. The first-order valence-corrected chi connectivity index (χ1v) is 15.7. The number of rotatable bonds is 9. The van der Waals surface area contributed by atoms with E-state index in [4.69, 9.17) is 38.4 Å². The van der Waals surface area contributed by atoms with E-state index in [9.17, 15) is 25.1 Å². The van der Waals surface area contributed by atoms with Crippen LogP contribution in [0.4, 0.5) is 8.78 Å². The summed E-state index contributed by atoms with van der Waals surface area (Å²) in [5.41, 5.74) is 2.40. The second-order valence-corrected chi connectivity index (χ2v) is 13.6. The molecule has 13 heteroatoms. The minimum Gasteiger partial charge on any atom is -0.480 e. The topological polar surface area (TPSA) is 146 Å². The standard InChI is InChI=1S/C33H35Cl2F2N3O6/c1-31(2)45-15-23(46-31)27(29(39)42)40-24(14-32(17-41)11-4-3-5-12-32)33(16-38,20-10-9-18(34)13-22(20)36)25(28(40)30(43)44)19-7-6-8-21(35)26(19)37/h3-4,6-10,13,23-25,27-28,41H,5,11-12,14-15,17H2,1-2H3,(H2,39,42)(H,43,44)/t23-,24+,25+,27?,28-,32?,33+/m1/s1. The SMILES string of the molecule is CC1(C)OC[C@H](C(C(N)=O)N2[C@@H](CC3(CO)CC=CCC3)[C@](C#N)(c3ccc(Cl)cc3F)[C@@H](c3cccc(Cl)c3F)[C@@H]2C(=O)O)O1. The van der Waals surface area contributed by atoms with Crippen LogP contribution in [0.5, 0.6) is 0 Å². The van der Waals surface area contributed by atoms with Crippen molar-refractivity contribution in [3.05, 3.63) is 81.4 Å². The monoisotopic (exact) mass is 677 g/mol. The second-order valence-electron chi connectivity index (χ2n) is 12.8. The van der Waals surface area contributed by atoms with Crippen LogP contribution in [-0.2, 0) is 24.5 Å². The molecule has 2 heterocycles. The highest BCUT2D eigenvalue weighted by molar-refractivity contribution is 6.31. The van der Waals surface area contributed by atoms with Crippen LogP contribution in [0.1, 0.15) is 56.6 Å². The summed E-state index contributed by atoms with van der Waals surface area (Å²) in [5, 5.41) is 32.8. The number of carbonyl (C=O) groups excluding carboxylic acids is 1. The van der Waals surface area contributed by atoms with Crippen molar-refractivity contribution in [2.24, 2.45) is 11.1 Å². The fraction of sp³-hybridized carbons (Fsp3) is 0.485. The van der Waals surface area contributed by atoms with Gasteiger partial charge in [0.1, 0.15) is 35.2 Å². The Hall–Kier alpha value is -3.11. The van der Waals surface area contributed by atoms with Crippen LogP contribution in [0.2, 0.25) is 10.0 Å². The highest BCUT2D eigenvalue weighted by atomic mass is 35.5. The van der Waals surface area contributed by atoms with Crippen LogP contribution in [-0.4, -0.2) is 70.2 Å². The van der Waals surface area contributed by atoms with Crippen molar-refractivity contribution in [2.45, 2.75) is 80.9 Å². The van der Waals surface area contributed by atoms with E-state index in [1.807, 2.05) is 12.2 Å². The lowest BCUT2D eigenvalue weighted by Crippen LogP contribution is -2.61. The lowest BCUT2D eigenvalue weighted by Gasteiger charge is -2.45. The largest absolute Gasteiger partial charge is 0.480 e. The van der Waals surface area contributed by atoms with E-state index in [1.165, 1.54) is 35.2 Å². The number of nitrogens with two attached hydrogens (primary N) is 1. The maximum atomic E-state index is 16.2. The van der Waals surface area contributed by atoms with Gasteiger partial charge in [-0.1, -0.05) is 53.6 Å². The van der Waals surface area contributed by atoms with E-state index in [0.29, 0.717) is 19.3 Å². The Balaban J connectivity index is 1.89. The van der Waals surface area contributed by atoms with Crippen LogP contribution in [0.15, 0.2) is 48.6 Å². The Morgan fingerprint density at radius 2 is 1.96 bits per heavy atom. The highest BCUT2D eigenvalue weighted by Crippen LogP contribution is 2.58. The molecule has 0 bridgehead atoms. The number of ether oxygens (including phenoxy) is 2. The first kappa shape index (κ1) is 34.2. The van der Waals surface area contributed by atoms with Crippen LogP contribution in [0, 0.1) is 28.4 Å². The molecular formula is C33H35Cl2F2N3O6. The Kier molecular flexibility index (Phi) is 9.55. The number of amides is 1. The van der Waals surface area contributed by atoms with Crippen LogP contribution in [0.3, 0.4) is 0 Å². The second kappa shape index (κ2) is 12.8. The van der Waals surface area contributed by atoms with Gasteiger partial charge in [-0.05, 0) is 68.7 Å². The number of aliphatic carboxylic acids is 1. The number of carboxylic acids is 1. The number of allylic oxidation sites excluding steroid dienone is 2. The third-order valence-corrected chi connectivity index (χ3v) is 10.2. The van der Waals surface area contributed by atoms with Gasteiger partial charge in [0.25, 0.3) is 0 Å². The Morgan fingerprint density at radius 1 is 1.22 bits per heavy atom. The van der Waals surface area contributed by atoms with Gasteiger partial charge < -0.3 is 25.4 Å². The molecule has 0 spiro atoms. The van der Waals surface area contributed by atoms with Crippen molar-refractivity contribution in [3.63, 3.8) is 0 Å². The van der Waals surface area contributed by atoms with Crippen LogP contribution < -0.4 is 5.73 Å². The van der Waals surface area contributed by atoms with Gasteiger partial charge in [-0.25, -0.2) is 8.78 Å². The third-order valence-electron chi connectivity index (χ3n) is 9.66. The number of aliphatic hydroxyl groups is 1. The first-order valence-electron chi connectivity index (χ1n) is 14.9. The van der Waals surface area contributed by atoms with E-state index in [1.54, 1.807) is 13.8 Å². The molecule has 2 fully saturated rings. The number of primary amides is 1. The minimum atomic E-state index is -2.19. The third kappa shape index (κ3) is 5.80. The molecule has 2 unspecified atom stereocenters. The molecule has 2 aromatic carbocycles. The van der Waals surface area contributed by atoms with E-state index in [-0.39, 0.29) is 40.8 Å². The zero-order valence-electron chi connectivity index (χ0n) is 25.3. The molecule has 46 heavy (non-hydrogen) atoms.